The van der Waals surface area contributed by atoms with Gasteiger partial charge in [-0.15, -0.1) is 0 Å². The Hall–Kier alpha value is -0.770. The molecule has 0 bridgehead atoms. The molecule has 0 radical (unpaired) electrons. The van der Waals surface area contributed by atoms with E-state index in [9.17, 15) is 0 Å². The summed E-state index contributed by atoms with van der Waals surface area (Å²) >= 11 is 0. The standard InChI is InChI=1S/C12H25N3O/c1-2-15(10-11-6-5-7-11)9-4-3-8-12(13)14-16/h11,16H,2-10H2,1H3,(H2,13,14). The molecular formula is C12H25N3O. The normalized spacial score (nSPS) is 17.8. The van der Waals surface area contributed by atoms with Crippen LogP contribution in [0.25, 0.3) is 0 Å². The van der Waals surface area contributed by atoms with Gasteiger partial charge in [-0.2, -0.15) is 0 Å². The first-order chi connectivity index (χ1) is 7.76. The number of amidine groups is 1. The maximum absolute atomic E-state index is 8.40. The van der Waals surface area contributed by atoms with Crippen LogP contribution in [0.5, 0.6) is 0 Å². The van der Waals surface area contributed by atoms with E-state index in [0.29, 0.717) is 12.3 Å². The first-order valence-corrected chi connectivity index (χ1v) is 6.45. The van der Waals surface area contributed by atoms with Crippen molar-refractivity contribution >= 4 is 5.84 Å². The number of hydrogen-bond acceptors (Lipinski definition) is 3. The highest BCUT2D eigenvalue weighted by Gasteiger charge is 2.19. The fraction of sp³-hybridized carbons (Fsp3) is 0.917. The second-order valence-corrected chi connectivity index (χ2v) is 4.74. The highest BCUT2D eigenvalue weighted by Crippen LogP contribution is 2.27. The van der Waals surface area contributed by atoms with Crippen LogP contribution in [0.1, 0.15) is 45.4 Å². The third-order valence-electron chi connectivity index (χ3n) is 3.47. The van der Waals surface area contributed by atoms with Gasteiger partial charge in [-0.05, 0) is 44.7 Å². The van der Waals surface area contributed by atoms with Crippen LogP contribution < -0.4 is 5.73 Å². The van der Waals surface area contributed by atoms with E-state index in [2.05, 4.69) is 17.0 Å². The Balaban J connectivity index is 2.04. The lowest BCUT2D eigenvalue weighted by Gasteiger charge is -2.31. The molecule has 1 saturated carbocycles. The Morgan fingerprint density at radius 3 is 2.69 bits per heavy atom. The van der Waals surface area contributed by atoms with Crippen LogP contribution in [0, 0.1) is 5.92 Å². The molecule has 0 aromatic rings. The van der Waals surface area contributed by atoms with Gasteiger partial charge >= 0.3 is 0 Å². The highest BCUT2D eigenvalue weighted by molar-refractivity contribution is 5.79. The van der Waals surface area contributed by atoms with E-state index in [1.165, 1.54) is 25.8 Å². The first-order valence-electron chi connectivity index (χ1n) is 6.45. The van der Waals surface area contributed by atoms with Gasteiger partial charge in [0.2, 0.25) is 0 Å². The summed E-state index contributed by atoms with van der Waals surface area (Å²) in [6.07, 6.45) is 7.11. The number of oxime groups is 1. The summed E-state index contributed by atoms with van der Waals surface area (Å²) in [4.78, 5) is 2.52. The summed E-state index contributed by atoms with van der Waals surface area (Å²) in [5, 5.41) is 11.4. The molecule has 1 aliphatic carbocycles. The van der Waals surface area contributed by atoms with Gasteiger partial charge in [-0.25, -0.2) is 0 Å². The summed E-state index contributed by atoms with van der Waals surface area (Å²) < 4.78 is 0. The average Bonchev–Trinajstić information content (AvgIpc) is 2.25. The Labute approximate surface area is 98.5 Å². The first kappa shape index (κ1) is 13.3. The SMILES string of the molecule is CCN(CCCCC(N)=NO)CC1CCC1. The van der Waals surface area contributed by atoms with Crippen LogP contribution in [-0.2, 0) is 0 Å². The summed E-state index contributed by atoms with van der Waals surface area (Å²) in [5.41, 5.74) is 5.42. The van der Waals surface area contributed by atoms with Crippen molar-refractivity contribution in [2.75, 3.05) is 19.6 Å². The maximum atomic E-state index is 8.40. The smallest absolute Gasteiger partial charge is 0.139 e. The van der Waals surface area contributed by atoms with E-state index >= 15 is 0 Å². The van der Waals surface area contributed by atoms with E-state index in [1.54, 1.807) is 0 Å². The zero-order valence-corrected chi connectivity index (χ0v) is 10.4. The predicted molar refractivity (Wildman–Crippen MR) is 66.7 cm³/mol. The minimum absolute atomic E-state index is 0.349. The van der Waals surface area contributed by atoms with E-state index in [-0.39, 0.29) is 0 Å². The van der Waals surface area contributed by atoms with Crippen LogP contribution >= 0.6 is 0 Å². The van der Waals surface area contributed by atoms with E-state index < -0.39 is 0 Å². The highest BCUT2D eigenvalue weighted by atomic mass is 16.4. The molecule has 0 unspecified atom stereocenters. The van der Waals surface area contributed by atoms with Gasteiger partial charge in [0, 0.05) is 13.0 Å². The second kappa shape index (κ2) is 7.49. The maximum Gasteiger partial charge on any atom is 0.139 e. The molecule has 16 heavy (non-hydrogen) atoms. The van der Waals surface area contributed by atoms with Crippen LogP contribution in [0.4, 0.5) is 0 Å². The summed E-state index contributed by atoms with van der Waals surface area (Å²) in [6.45, 7) is 5.77. The van der Waals surface area contributed by atoms with E-state index in [1.807, 2.05) is 0 Å². The Kier molecular flexibility index (Phi) is 6.23. The van der Waals surface area contributed by atoms with Gasteiger partial charge < -0.3 is 15.8 Å². The number of nitrogens with zero attached hydrogens (tertiary/aromatic N) is 2. The van der Waals surface area contributed by atoms with Gasteiger partial charge in [-0.3, -0.25) is 0 Å². The molecule has 0 atom stereocenters. The minimum Gasteiger partial charge on any atom is -0.409 e. The third-order valence-corrected chi connectivity index (χ3v) is 3.47. The summed E-state index contributed by atoms with van der Waals surface area (Å²) in [6, 6.07) is 0. The van der Waals surface area contributed by atoms with Crippen molar-refractivity contribution in [1.29, 1.82) is 0 Å². The molecule has 0 aromatic heterocycles. The van der Waals surface area contributed by atoms with Gasteiger partial charge in [0.15, 0.2) is 0 Å². The lowest BCUT2D eigenvalue weighted by molar-refractivity contribution is 0.182. The molecule has 0 aromatic carbocycles. The van der Waals surface area contributed by atoms with Crippen molar-refractivity contribution in [3.8, 4) is 0 Å². The number of unbranched alkanes of at least 4 members (excludes halogenated alkanes) is 1. The topological polar surface area (TPSA) is 61.8 Å². The Bertz CT molecular complexity index is 214. The second-order valence-electron chi connectivity index (χ2n) is 4.74. The molecule has 1 rings (SSSR count). The van der Waals surface area contributed by atoms with Gasteiger partial charge in [0.05, 0.1) is 0 Å². The molecule has 1 aliphatic rings. The van der Waals surface area contributed by atoms with Crippen molar-refractivity contribution in [2.24, 2.45) is 16.8 Å². The molecule has 0 spiro atoms. The Morgan fingerprint density at radius 2 is 2.19 bits per heavy atom. The molecule has 0 aliphatic heterocycles. The molecular weight excluding hydrogens is 202 g/mol. The predicted octanol–water partition coefficient (Wildman–Crippen LogP) is 2.03. The fourth-order valence-electron chi connectivity index (χ4n) is 2.11. The average molecular weight is 227 g/mol. The largest absolute Gasteiger partial charge is 0.409 e. The minimum atomic E-state index is 0.349. The number of hydrogen-bond donors (Lipinski definition) is 2. The molecule has 4 heteroatoms. The number of rotatable bonds is 8. The van der Waals surface area contributed by atoms with Crippen molar-refractivity contribution in [2.45, 2.75) is 45.4 Å². The molecule has 0 saturated heterocycles. The van der Waals surface area contributed by atoms with Crippen LogP contribution in [0.15, 0.2) is 5.16 Å². The molecule has 0 amide bonds. The monoisotopic (exact) mass is 227 g/mol. The van der Waals surface area contributed by atoms with E-state index in [0.717, 1.165) is 31.8 Å². The zero-order chi connectivity index (χ0) is 11.8. The van der Waals surface area contributed by atoms with Crippen molar-refractivity contribution in [3.63, 3.8) is 0 Å². The summed E-state index contributed by atoms with van der Waals surface area (Å²) in [5.74, 6) is 1.30. The Morgan fingerprint density at radius 1 is 1.44 bits per heavy atom. The van der Waals surface area contributed by atoms with Gasteiger partial charge in [0.1, 0.15) is 5.84 Å². The molecule has 3 N–H and O–H groups in total. The molecule has 94 valence electrons. The molecule has 1 fully saturated rings. The van der Waals surface area contributed by atoms with E-state index in [4.69, 9.17) is 10.9 Å². The van der Waals surface area contributed by atoms with Crippen molar-refractivity contribution in [3.05, 3.63) is 0 Å². The fourth-order valence-corrected chi connectivity index (χ4v) is 2.11. The van der Waals surface area contributed by atoms with Gasteiger partial charge in [0.25, 0.3) is 0 Å². The lowest BCUT2D eigenvalue weighted by Crippen LogP contribution is -2.33. The quantitative estimate of drug-likeness (QED) is 0.219. The molecule has 0 heterocycles. The van der Waals surface area contributed by atoms with Crippen LogP contribution in [0.2, 0.25) is 0 Å². The zero-order valence-electron chi connectivity index (χ0n) is 10.4. The third kappa shape index (κ3) is 4.84. The van der Waals surface area contributed by atoms with Crippen LogP contribution in [-0.4, -0.2) is 35.6 Å². The van der Waals surface area contributed by atoms with Gasteiger partial charge in [-0.1, -0.05) is 18.5 Å². The molecule has 4 nitrogen and oxygen atoms in total. The summed E-state index contributed by atoms with van der Waals surface area (Å²) in [7, 11) is 0. The van der Waals surface area contributed by atoms with Crippen LogP contribution in [0.3, 0.4) is 0 Å². The number of nitrogens with two attached hydrogens (primary N) is 1. The van der Waals surface area contributed by atoms with Crippen molar-refractivity contribution < 1.29 is 5.21 Å². The van der Waals surface area contributed by atoms with Crippen molar-refractivity contribution in [1.82, 2.24) is 4.90 Å². The lowest BCUT2D eigenvalue weighted by atomic mass is 9.85.